The van der Waals surface area contributed by atoms with Gasteiger partial charge in [-0.25, -0.2) is 5.06 Å². The van der Waals surface area contributed by atoms with E-state index in [0.29, 0.717) is 0 Å². The summed E-state index contributed by atoms with van der Waals surface area (Å²) in [5, 5.41) is 1.30. The first-order chi connectivity index (χ1) is 5.51. The predicted molar refractivity (Wildman–Crippen MR) is 43.0 cm³/mol. The number of hydrogen-bond donors (Lipinski definition) is 1. The molecule has 3 fully saturated rings. The normalized spacial score (nSPS) is 42.9. The summed E-state index contributed by atoms with van der Waals surface area (Å²) in [6.07, 6.45) is 2.52. The van der Waals surface area contributed by atoms with E-state index in [1.807, 2.05) is 0 Å². The van der Waals surface area contributed by atoms with Gasteiger partial charge < -0.3 is 5.73 Å². The summed E-state index contributed by atoms with van der Waals surface area (Å²) in [6, 6.07) is 0. The molecular weight excluding hydrogens is 156 g/mol. The third-order valence-electron chi connectivity index (χ3n) is 3.08. The molecule has 3 saturated carbocycles. The molecule has 12 heavy (non-hydrogen) atoms. The number of hydrogen-bond acceptors (Lipinski definition) is 3. The van der Waals surface area contributed by atoms with Crippen LogP contribution in [0, 0.1) is 5.41 Å². The lowest BCUT2D eigenvalue weighted by molar-refractivity contribution is -0.215. The Hall–Kier alpha value is -0.610. The zero-order valence-electron chi connectivity index (χ0n) is 7.46. The fraction of sp³-hybridized carbons (Fsp3) is 0.875. The maximum absolute atomic E-state index is 11.6. The van der Waals surface area contributed by atoms with Gasteiger partial charge >= 0.3 is 0 Å². The minimum Gasteiger partial charge on any atom is -0.325 e. The number of nitrogens with two attached hydrogens (primary N) is 1. The Morgan fingerprint density at radius 1 is 1.50 bits per heavy atom. The van der Waals surface area contributed by atoms with Crippen molar-refractivity contribution in [1.29, 1.82) is 0 Å². The van der Waals surface area contributed by atoms with E-state index in [1.165, 1.54) is 12.2 Å². The average molecular weight is 170 g/mol. The van der Waals surface area contributed by atoms with Crippen LogP contribution in [-0.2, 0) is 9.63 Å². The quantitative estimate of drug-likeness (QED) is 0.588. The summed E-state index contributed by atoms with van der Waals surface area (Å²) < 4.78 is 0. The lowest BCUT2D eigenvalue weighted by Gasteiger charge is -2.67. The highest BCUT2D eigenvalue weighted by Gasteiger charge is 2.70. The lowest BCUT2D eigenvalue weighted by Crippen LogP contribution is -2.76. The van der Waals surface area contributed by atoms with E-state index in [4.69, 9.17) is 10.6 Å². The van der Waals surface area contributed by atoms with E-state index in [2.05, 4.69) is 0 Å². The van der Waals surface area contributed by atoms with Gasteiger partial charge in [0.1, 0.15) is 0 Å². The lowest BCUT2D eigenvalue weighted by atomic mass is 9.39. The number of nitrogens with zero attached hydrogens (tertiary/aromatic N) is 1. The van der Waals surface area contributed by atoms with Crippen LogP contribution < -0.4 is 5.73 Å². The van der Waals surface area contributed by atoms with Gasteiger partial charge in [0.15, 0.2) is 0 Å². The van der Waals surface area contributed by atoms with Crippen LogP contribution in [0.5, 0.6) is 0 Å². The highest BCUT2D eigenvalue weighted by molar-refractivity contribution is 5.86. The molecule has 0 radical (unpaired) electrons. The van der Waals surface area contributed by atoms with Gasteiger partial charge in [-0.15, -0.1) is 0 Å². The van der Waals surface area contributed by atoms with Crippen LogP contribution in [0.4, 0.5) is 0 Å². The van der Waals surface area contributed by atoms with Gasteiger partial charge in [-0.3, -0.25) is 9.63 Å². The van der Waals surface area contributed by atoms with Crippen molar-refractivity contribution in [3.05, 3.63) is 0 Å². The topological polar surface area (TPSA) is 55.6 Å². The average Bonchev–Trinajstić information content (AvgIpc) is 1.94. The number of carbonyl (C=O) groups is 1. The first-order valence-corrected chi connectivity index (χ1v) is 4.13. The van der Waals surface area contributed by atoms with Crippen molar-refractivity contribution >= 4 is 5.91 Å². The SMILES string of the molecule is CON(C)C(=O)C12CC(N)(C1)C2. The molecule has 0 unspecified atom stereocenters. The Labute approximate surface area is 71.6 Å². The van der Waals surface area contributed by atoms with Crippen molar-refractivity contribution in [2.24, 2.45) is 11.1 Å². The molecular formula is C8H14N2O2. The summed E-state index contributed by atoms with van der Waals surface area (Å²) in [5.41, 5.74) is 5.68. The van der Waals surface area contributed by atoms with Gasteiger partial charge in [-0.1, -0.05) is 0 Å². The van der Waals surface area contributed by atoms with Crippen LogP contribution in [-0.4, -0.2) is 30.7 Å². The molecule has 0 atom stereocenters. The van der Waals surface area contributed by atoms with E-state index in [9.17, 15) is 4.79 Å². The first kappa shape index (κ1) is 8.01. The Bertz CT molecular complexity index is 219. The fourth-order valence-corrected chi connectivity index (χ4v) is 2.51. The zero-order chi connectivity index (χ0) is 8.98. The van der Waals surface area contributed by atoms with E-state index < -0.39 is 0 Å². The molecule has 0 heterocycles. The highest BCUT2D eigenvalue weighted by atomic mass is 16.7. The summed E-state index contributed by atoms with van der Waals surface area (Å²) in [6.45, 7) is 0. The van der Waals surface area contributed by atoms with Crippen LogP contribution in [0.25, 0.3) is 0 Å². The number of rotatable bonds is 2. The molecule has 3 aliphatic carbocycles. The summed E-state index contributed by atoms with van der Waals surface area (Å²) in [7, 11) is 3.15. The minimum absolute atomic E-state index is 0.00968. The molecule has 2 N–H and O–H groups in total. The Morgan fingerprint density at radius 2 is 2.00 bits per heavy atom. The van der Waals surface area contributed by atoms with E-state index in [0.717, 1.165) is 19.3 Å². The highest BCUT2D eigenvalue weighted by Crippen LogP contribution is 2.66. The van der Waals surface area contributed by atoms with Crippen LogP contribution in [0.1, 0.15) is 19.3 Å². The second-order valence-electron chi connectivity index (χ2n) is 4.16. The minimum atomic E-state index is -0.153. The fourth-order valence-electron chi connectivity index (χ4n) is 2.51. The van der Waals surface area contributed by atoms with Crippen LogP contribution >= 0.6 is 0 Å². The second-order valence-corrected chi connectivity index (χ2v) is 4.16. The van der Waals surface area contributed by atoms with Crippen molar-refractivity contribution in [1.82, 2.24) is 5.06 Å². The Morgan fingerprint density at radius 3 is 2.33 bits per heavy atom. The summed E-state index contributed by atoms with van der Waals surface area (Å²) in [4.78, 5) is 16.4. The smallest absolute Gasteiger partial charge is 0.252 e. The van der Waals surface area contributed by atoms with Gasteiger partial charge in [0.2, 0.25) is 0 Å². The molecule has 0 spiro atoms. The Kier molecular flexibility index (Phi) is 1.34. The molecule has 0 aromatic carbocycles. The van der Waals surface area contributed by atoms with Crippen LogP contribution in [0.2, 0.25) is 0 Å². The predicted octanol–water partition coefficient (Wildman–Crippen LogP) is -0.112. The molecule has 3 rings (SSSR count). The van der Waals surface area contributed by atoms with Crippen LogP contribution in [0.15, 0.2) is 0 Å². The molecule has 0 aromatic rings. The molecule has 1 amide bonds. The summed E-state index contributed by atoms with van der Waals surface area (Å²) in [5.74, 6) is 0.0809. The van der Waals surface area contributed by atoms with Crippen LogP contribution in [0.3, 0.4) is 0 Å². The molecule has 4 nitrogen and oxygen atoms in total. The second kappa shape index (κ2) is 2.00. The van der Waals surface area contributed by atoms with Gasteiger partial charge in [-0.05, 0) is 19.3 Å². The van der Waals surface area contributed by atoms with Gasteiger partial charge in [0, 0.05) is 12.6 Å². The van der Waals surface area contributed by atoms with Crippen molar-refractivity contribution in [2.75, 3.05) is 14.2 Å². The van der Waals surface area contributed by atoms with E-state index in [-0.39, 0.29) is 16.9 Å². The third kappa shape index (κ3) is 0.765. The number of hydroxylamine groups is 2. The molecule has 0 saturated heterocycles. The van der Waals surface area contributed by atoms with Gasteiger partial charge in [-0.2, -0.15) is 0 Å². The summed E-state index contributed by atoms with van der Waals surface area (Å²) >= 11 is 0. The monoisotopic (exact) mass is 170 g/mol. The number of carbonyl (C=O) groups excluding carboxylic acids is 1. The van der Waals surface area contributed by atoms with Gasteiger partial charge in [0.05, 0.1) is 12.5 Å². The third-order valence-corrected chi connectivity index (χ3v) is 3.08. The largest absolute Gasteiger partial charge is 0.325 e. The van der Waals surface area contributed by atoms with Crippen molar-refractivity contribution in [3.63, 3.8) is 0 Å². The maximum Gasteiger partial charge on any atom is 0.252 e. The van der Waals surface area contributed by atoms with Gasteiger partial charge in [0.25, 0.3) is 5.91 Å². The molecule has 3 aliphatic rings. The van der Waals surface area contributed by atoms with E-state index >= 15 is 0 Å². The standard InChI is InChI=1S/C8H14N2O2/c1-10(12-2)6(11)7-3-8(9,4-7)5-7/h3-5,9H2,1-2H3. The van der Waals surface area contributed by atoms with Crippen molar-refractivity contribution in [3.8, 4) is 0 Å². The Balaban J connectivity index is 1.99. The molecule has 0 aliphatic heterocycles. The molecule has 4 heteroatoms. The molecule has 2 bridgehead atoms. The number of amides is 1. The molecule has 0 aromatic heterocycles. The van der Waals surface area contributed by atoms with Crippen molar-refractivity contribution in [2.45, 2.75) is 24.8 Å². The maximum atomic E-state index is 11.6. The van der Waals surface area contributed by atoms with E-state index in [1.54, 1.807) is 7.05 Å². The first-order valence-electron chi connectivity index (χ1n) is 4.13. The zero-order valence-corrected chi connectivity index (χ0v) is 7.46. The van der Waals surface area contributed by atoms with Crippen molar-refractivity contribution < 1.29 is 9.63 Å². The molecule has 68 valence electrons.